The van der Waals surface area contributed by atoms with Gasteiger partial charge in [-0.1, -0.05) is 73.6 Å². The summed E-state index contributed by atoms with van der Waals surface area (Å²) in [5.41, 5.74) is 1.29. The highest BCUT2D eigenvalue weighted by molar-refractivity contribution is 7.99. The quantitative estimate of drug-likeness (QED) is 0.403. The summed E-state index contributed by atoms with van der Waals surface area (Å²) >= 11 is 7.53. The average molecular weight is 529 g/mol. The van der Waals surface area contributed by atoms with Crippen LogP contribution in [0.5, 0.6) is 0 Å². The summed E-state index contributed by atoms with van der Waals surface area (Å²) in [7, 11) is -3.72. The number of amides is 1. The van der Waals surface area contributed by atoms with Crippen molar-refractivity contribution in [3.63, 3.8) is 0 Å². The third kappa shape index (κ3) is 6.47. The fourth-order valence-electron chi connectivity index (χ4n) is 4.42. The van der Waals surface area contributed by atoms with Gasteiger partial charge in [-0.25, -0.2) is 8.42 Å². The van der Waals surface area contributed by atoms with Gasteiger partial charge in [0.05, 0.1) is 10.5 Å². The Hall–Kier alpha value is -2.32. The molecule has 1 N–H and O–H groups in total. The van der Waals surface area contributed by atoms with E-state index in [2.05, 4.69) is 19.2 Å². The second-order valence-corrected chi connectivity index (χ2v) is 12.6. The van der Waals surface area contributed by atoms with Gasteiger partial charge in [0.2, 0.25) is 10.0 Å². The molecule has 184 valence electrons. The molecule has 0 radical (unpaired) electrons. The van der Waals surface area contributed by atoms with Crippen LogP contribution >= 0.6 is 23.4 Å². The van der Waals surface area contributed by atoms with Crippen LogP contribution in [0.3, 0.4) is 0 Å². The smallest absolute Gasteiger partial charge is 0.252 e. The van der Waals surface area contributed by atoms with Gasteiger partial charge in [0.25, 0.3) is 5.91 Å². The number of carbonyl (C=O) groups excluding carboxylic acids is 1. The Morgan fingerprint density at radius 1 is 1.00 bits per heavy atom. The maximum absolute atomic E-state index is 13.5. The molecule has 1 fully saturated rings. The van der Waals surface area contributed by atoms with Crippen molar-refractivity contribution < 1.29 is 13.2 Å². The lowest BCUT2D eigenvalue weighted by Crippen LogP contribution is -2.42. The van der Waals surface area contributed by atoms with E-state index < -0.39 is 10.0 Å². The fraction of sp³-hybridized carbons (Fsp3) is 0.296. The maximum Gasteiger partial charge on any atom is 0.252 e. The van der Waals surface area contributed by atoms with Gasteiger partial charge in [0.15, 0.2) is 0 Å². The Balaban J connectivity index is 1.67. The van der Waals surface area contributed by atoms with E-state index >= 15 is 0 Å². The van der Waals surface area contributed by atoms with Crippen molar-refractivity contribution in [1.82, 2.24) is 9.62 Å². The van der Waals surface area contributed by atoms with Crippen LogP contribution in [0.2, 0.25) is 5.02 Å². The van der Waals surface area contributed by atoms with Gasteiger partial charge >= 0.3 is 0 Å². The fourth-order valence-corrected chi connectivity index (χ4v) is 7.36. The number of hydrogen-bond acceptors (Lipinski definition) is 4. The van der Waals surface area contributed by atoms with Crippen LogP contribution in [0.15, 0.2) is 87.5 Å². The number of sulfonamides is 1. The van der Waals surface area contributed by atoms with Gasteiger partial charge in [-0.05, 0) is 60.2 Å². The predicted molar refractivity (Wildman–Crippen MR) is 141 cm³/mol. The number of nitrogens with zero attached hydrogens (tertiary/aromatic N) is 1. The molecule has 0 saturated carbocycles. The van der Waals surface area contributed by atoms with E-state index in [1.807, 2.05) is 48.5 Å². The van der Waals surface area contributed by atoms with E-state index in [1.54, 1.807) is 22.5 Å². The molecule has 4 rings (SSSR count). The van der Waals surface area contributed by atoms with Gasteiger partial charge in [-0.3, -0.25) is 4.79 Å². The van der Waals surface area contributed by atoms with Crippen LogP contribution in [-0.2, 0) is 16.6 Å². The summed E-state index contributed by atoms with van der Waals surface area (Å²) in [5.74, 6) is 0.260. The molecule has 1 amide bonds. The first-order chi connectivity index (χ1) is 16.7. The van der Waals surface area contributed by atoms with E-state index in [1.165, 1.54) is 17.8 Å². The topological polar surface area (TPSA) is 66.5 Å². The van der Waals surface area contributed by atoms with Crippen molar-refractivity contribution in [1.29, 1.82) is 0 Å². The van der Waals surface area contributed by atoms with E-state index in [-0.39, 0.29) is 10.8 Å². The molecule has 2 atom stereocenters. The molecule has 8 heteroatoms. The molecule has 0 spiro atoms. The molecule has 35 heavy (non-hydrogen) atoms. The Morgan fingerprint density at radius 2 is 1.71 bits per heavy atom. The van der Waals surface area contributed by atoms with E-state index in [9.17, 15) is 13.2 Å². The SMILES string of the molecule is C[C@H]1C[C@H](C)CN(S(=O)(=O)c2ccc(Sc3cccc(Cl)c3)c(C(=O)NCc3ccccc3)c2)C1. The van der Waals surface area contributed by atoms with Gasteiger partial charge in [-0.2, -0.15) is 4.31 Å². The Morgan fingerprint density at radius 3 is 2.40 bits per heavy atom. The van der Waals surface area contributed by atoms with E-state index in [0.29, 0.717) is 47.0 Å². The first-order valence-corrected chi connectivity index (χ1v) is 14.3. The Labute approximate surface area is 216 Å². The molecule has 3 aromatic rings. The lowest BCUT2D eigenvalue weighted by molar-refractivity contribution is 0.0947. The zero-order valence-electron chi connectivity index (χ0n) is 19.8. The molecule has 0 aromatic heterocycles. The molecule has 0 bridgehead atoms. The van der Waals surface area contributed by atoms with Crippen molar-refractivity contribution in [2.24, 2.45) is 11.8 Å². The molecule has 5 nitrogen and oxygen atoms in total. The molecule has 0 unspecified atom stereocenters. The normalized spacial score (nSPS) is 18.8. The summed E-state index contributed by atoms with van der Waals surface area (Å²) in [6.07, 6.45) is 1.01. The molecular weight excluding hydrogens is 500 g/mol. The van der Waals surface area contributed by atoms with Crippen LogP contribution in [0.4, 0.5) is 0 Å². The highest BCUT2D eigenvalue weighted by Gasteiger charge is 2.32. The van der Waals surface area contributed by atoms with Crippen LogP contribution < -0.4 is 5.32 Å². The lowest BCUT2D eigenvalue weighted by atomic mass is 9.94. The zero-order chi connectivity index (χ0) is 25.0. The van der Waals surface area contributed by atoms with Crippen LogP contribution in [0.25, 0.3) is 0 Å². The monoisotopic (exact) mass is 528 g/mol. The lowest BCUT2D eigenvalue weighted by Gasteiger charge is -2.34. The standard InChI is InChI=1S/C27H29ClN2O3S2/c1-19-13-20(2)18-30(17-19)35(32,33)24-11-12-26(34-23-10-6-9-22(28)14-23)25(15-24)27(31)29-16-21-7-4-3-5-8-21/h3-12,14-15,19-20H,13,16-18H2,1-2H3,(H,29,31)/t19-,20-/m0/s1. The highest BCUT2D eigenvalue weighted by atomic mass is 35.5. The van der Waals surface area contributed by atoms with Gasteiger partial charge < -0.3 is 5.32 Å². The molecule has 1 saturated heterocycles. The minimum atomic E-state index is -3.72. The summed E-state index contributed by atoms with van der Waals surface area (Å²) in [6.45, 7) is 5.47. The second-order valence-electron chi connectivity index (χ2n) is 9.15. The van der Waals surface area contributed by atoms with Crippen molar-refractivity contribution in [2.45, 2.75) is 41.5 Å². The summed E-state index contributed by atoms with van der Waals surface area (Å²) in [5, 5.41) is 3.53. The zero-order valence-corrected chi connectivity index (χ0v) is 22.2. The van der Waals surface area contributed by atoms with Crippen molar-refractivity contribution >= 4 is 39.3 Å². The maximum atomic E-state index is 13.5. The number of hydrogen-bond donors (Lipinski definition) is 1. The summed E-state index contributed by atoms with van der Waals surface area (Å²) < 4.78 is 28.6. The van der Waals surface area contributed by atoms with E-state index in [0.717, 1.165) is 16.9 Å². The number of benzene rings is 3. The van der Waals surface area contributed by atoms with Gasteiger partial charge in [0.1, 0.15) is 0 Å². The van der Waals surface area contributed by atoms with Crippen molar-refractivity contribution in [3.8, 4) is 0 Å². The predicted octanol–water partition coefficient (Wildman–Crippen LogP) is 6.09. The molecule has 1 aliphatic heterocycles. The molecule has 1 heterocycles. The first-order valence-electron chi connectivity index (χ1n) is 11.6. The Bertz CT molecular complexity index is 1290. The number of carbonyl (C=O) groups is 1. The number of nitrogens with one attached hydrogen (secondary N) is 1. The summed E-state index contributed by atoms with van der Waals surface area (Å²) in [4.78, 5) is 15.0. The van der Waals surface area contributed by atoms with Crippen molar-refractivity contribution in [3.05, 3.63) is 88.9 Å². The third-order valence-corrected chi connectivity index (χ3v) is 9.12. The molecular formula is C27H29ClN2O3S2. The molecule has 1 aliphatic rings. The van der Waals surface area contributed by atoms with Crippen LogP contribution in [0.1, 0.15) is 36.2 Å². The van der Waals surface area contributed by atoms with Crippen LogP contribution in [-0.4, -0.2) is 31.7 Å². The number of halogens is 1. The molecule has 3 aromatic carbocycles. The average Bonchev–Trinajstić information content (AvgIpc) is 2.83. The first kappa shape index (κ1) is 25.8. The van der Waals surface area contributed by atoms with Crippen LogP contribution in [0, 0.1) is 11.8 Å². The molecule has 0 aliphatic carbocycles. The van der Waals surface area contributed by atoms with Gasteiger partial charge in [-0.15, -0.1) is 0 Å². The van der Waals surface area contributed by atoms with Crippen molar-refractivity contribution in [2.75, 3.05) is 13.1 Å². The Kier molecular flexibility index (Phi) is 8.22. The second kappa shape index (κ2) is 11.2. The summed E-state index contributed by atoms with van der Waals surface area (Å²) in [6, 6.07) is 21.8. The highest BCUT2D eigenvalue weighted by Crippen LogP contribution is 2.34. The largest absolute Gasteiger partial charge is 0.348 e. The minimum absolute atomic E-state index is 0.138. The van der Waals surface area contributed by atoms with E-state index in [4.69, 9.17) is 11.6 Å². The number of piperidine rings is 1. The third-order valence-electron chi connectivity index (χ3n) is 5.99. The van der Waals surface area contributed by atoms with Gasteiger partial charge in [0, 0.05) is 34.4 Å². The number of rotatable bonds is 7. The minimum Gasteiger partial charge on any atom is -0.348 e.